The van der Waals surface area contributed by atoms with Gasteiger partial charge in [-0.1, -0.05) is 5.57 Å². The summed E-state index contributed by atoms with van der Waals surface area (Å²) in [6.07, 6.45) is 0. The molecule has 0 nitrogen and oxygen atoms in total. The van der Waals surface area contributed by atoms with Crippen LogP contribution in [0.3, 0.4) is 0 Å². The van der Waals surface area contributed by atoms with Gasteiger partial charge in [0.15, 0.2) is 7.12 Å². The molecule has 0 amide bonds. The molecule has 0 heterocycles. The molecule has 0 rings (SSSR count). The lowest BCUT2D eigenvalue weighted by molar-refractivity contribution is 1.42. The summed E-state index contributed by atoms with van der Waals surface area (Å²) >= 11 is 1.25. The van der Waals surface area contributed by atoms with Crippen LogP contribution < -0.4 is 0 Å². The Morgan fingerprint density at radius 3 is 2.17 bits per heavy atom. The van der Waals surface area contributed by atoms with Gasteiger partial charge >= 0.3 is 0 Å². The van der Waals surface area contributed by atoms with Crippen molar-refractivity contribution >= 4 is 18.7 Å². The van der Waals surface area contributed by atoms with Gasteiger partial charge in [0.1, 0.15) is 0 Å². The van der Waals surface area contributed by atoms with E-state index in [1.807, 2.05) is 19.3 Å². The van der Waals surface area contributed by atoms with Crippen LogP contribution in [-0.4, -0.2) is 7.12 Å². The maximum absolute atomic E-state index is 5.07. The molecule has 32 valence electrons. The molecule has 2 radical (unpaired) electrons. The first-order valence-electron chi connectivity index (χ1n) is 1.76. The normalized spacial score (nSPS) is 7.67. The highest BCUT2D eigenvalue weighted by Gasteiger charge is 1.67. The third-order valence-electron chi connectivity index (χ3n) is 0.304. The van der Waals surface area contributed by atoms with Crippen LogP contribution in [0.1, 0.15) is 13.8 Å². The molecule has 0 atom stereocenters. The van der Waals surface area contributed by atoms with Gasteiger partial charge in [0.2, 0.25) is 0 Å². The van der Waals surface area contributed by atoms with E-state index in [2.05, 4.69) is 0 Å². The molecule has 0 saturated heterocycles. The Labute approximate surface area is 44.3 Å². The first-order valence-corrected chi connectivity index (χ1v) is 2.70. The van der Waals surface area contributed by atoms with E-state index in [1.165, 1.54) is 17.2 Å². The average molecular weight is 98.0 g/mol. The molecule has 0 aliphatic heterocycles. The van der Waals surface area contributed by atoms with Gasteiger partial charge in [0.05, 0.1) is 0 Å². The van der Waals surface area contributed by atoms with Gasteiger partial charge in [0, 0.05) is 0 Å². The second-order valence-corrected chi connectivity index (χ2v) is 1.84. The molecule has 0 aromatic carbocycles. The third kappa shape index (κ3) is 4.15. The van der Waals surface area contributed by atoms with Crippen molar-refractivity contribution in [2.75, 3.05) is 0 Å². The van der Waals surface area contributed by atoms with Crippen LogP contribution in [0.2, 0.25) is 0 Å². The fourth-order valence-electron chi connectivity index (χ4n) is 0.136. The van der Waals surface area contributed by atoms with Crippen LogP contribution in [0.15, 0.2) is 11.0 Å². The zero-order valence-corrected chi connectivity index (χ0v) is 4.88. The summed E-state index contributed by atoms with van der Waals surface area (Å²) < 4.78 is 0. The smallest absolute Gasteiger partial charge is 0.167 e. The van der Waals surface area contributed by atoms with E-state index in [0.29, 0.717) is 0 Å². The standard InChI is InChI=1S/C4H7BS/c1-4(2)3-6-5/h3H,1-2H3. The van der Waals surface area contributed by atoms with Crippen molar-refractivity contribution in [3.63, 3.8) is 0 Å². The van der Waals surface area contributed by atoms with Crippen molar-refractivity contribution in [1.82, 2.24) is 0 Å². The van der Waals surface area contributed by atoms with Crippen molar-refractivity contribution in [1.29, 1.82) is 0 Å². The van der Waals surface area contributed by atoms with E-state index in [-0.39, 0.29) is 0 Å². The fraction of sp³-hybridized carbons (Fsp3) is 0.500. The summed E-state index contributed by atoms with van der Waals surface area (Å²) in [5, 5.41) is 1.90. The Morgan fingerprint density at radius 1 is 1.67 bits per heavy atom. The Hall–Kier alpha value is 0.155. The van der Waals surface area contributed by atoms with Gasteiger partial charge in [-0.2, -0.15) is 0 Å². The minimum atomic E-state index is 1.25. The van der Waals surface area contributed by atoms with Gasteiger partial charge in [-0.3, -0.25) is 0 Å². The molecule has 0 aromatic heterocycles. The lowest BCUT2D eigenvalue weighted by Crippen LogP contribution is -1.55. The number of hydrogen-bond donors (Lipinski definition) is 0. The van der Waals surface area contributed by atoms with E-state index < -0.39 is 0 Å². The van der Waals surface area contributed by atoms with Gasteiger partial charge < -0.3 is 0 Å². The van der Waals surface area contributed by atoms with Gasteiger partial charge in [-0.15, -0.1) is 0 Å². The number of allylic oxidation sites excluding steroid dienone is 1. The fourth-order valence-corrected chi connectivity index (χ4v) is 0.408. The molecular weight excluding hydrogens is 90.9 g/mol. The molecule has 0 saturated carbocycles. The van der Waals surface area contributed by atoms with Crippen LogP contribution in [0.25, 0.3) is 0 Å². The lowest BCUT2D eigenvalue weighted by atomic mass is 10.4. The van der Waals surface area contributed by atoms with Gasteiger partial charge in [-0.25, -0.2) is 11.6 Å². The monoisotopic (exact) mass is 98.0 g/mol. The summed E-state index contributed by atoms with van der Waals surface area (Å²) in [4.78, 5) is 0. The van der Waals surface area contributed by atoms with Crippen LogP contribution in [0.5, 0.6) is 0 Å². The molecule has 6 heavy (non-hydrogen) atoms. The first kappa shape index (κ1) is 6.15. The Kier molecular flexibility index (Phi) is 3.44. The van der Waals surface area contributed by atoms with Crippen molar-refractivity contribution in [3.05, 3.63) is 11.0 Å². The zero-order valence-electron chi connectivity index (χ0n) is 4.06. The van der Waals surface area contributed by atoms with Gasteiger partial charge in [-0.05, 0) is 19.3 Å². The topological polar surface area (TPSA) is 0 Å². The number of rotatable bonds is 1. The van der Waals surface area contributed by atoms with Crippen molar-refractivity contribution < 1.29 is 0 Å². The predicted molar refractivity (Wildman–Crippen MR) is 32.8 cm³/mol. The predicted octanol–water partition coefficient (Wildman–Crippen LogP) is 1.73. The molecule has 2 heteroatoms. The highest BCUT2D eigenvalue weighted by molar-refractivity contribution is 8.22. The van der Waals surface area contributed by atoms with Crippen molar-refractivity contribution in [2.45, 2.75) is 13.8 Å². The molecule has 0 unspecified atom stereocenters. The van der Waals surface area contributed by atoms with Crippen LogP contribution >= 0.6 is 11.6 Å². The molecule has 0 aliphatic rings. The summed E-state index contributed by atoms with van der Waals surface area (Å²) in [6.45, 7) is 4.03. The van der Waals surface area contributed by atoms with Gasteiger partial charge in [0.25, 0.3) is 0 Å². The summed E-state index contributed by atoms with van der Waals surface area (Å²) in [6, 6.07) is 0. The quantitative estimate of drug-likeness (QED) is 0.450. The molecule has 0 spiro atoms. The maximum Gasteiger partial charge on any atom is 0.167 e. The molecule has 0 bridgehead atoms. The summed E-state index contributed by atoms with van der Waals surface area (Å²) in [7, 11) is 5.07. The average Bonchev–Trinajstić information content (AvgIpc) is 1.35. The lowest BCUT2D eigenvalue weighted by Gasteiger charge is -1.80. The highest BCUT2D eigenvalue weighted by atomic mass is 32.2. The van der Waals surface area contributed by atoms with E-state index in [4.69, 9.17) is 7.12 Å². The maximum atomic E-state index is 5.07. The van der Waals surface area contributed by atoms with Crippen LogP contribution in [0, 0.1) is 0 Å². The first-order chi connectivity index (χ1) is 2.77. The SMILES string of the molecule is [B]SC=C(C)C. The van der Waals surface area contributed by atoms with Crippen LogP contribution in [0.4, 0.5) is 0 Å². The minimum absolute atomic E-state index is 1.25. The highest BCUT2D eigenvalue weighted by Crippen LogP contribution is 1.97. The molecule has 0 aliphatic carbocycles. The third-order valence-corrected chi connectivity index (χ3v) is 0.911. The Morgan fingerprint density at radius 2 is 2.17 bits per heavy atom. The molecule has 0 fully saturated rings. The van der Waals surface area contributed by atoms with E-state index >= 15 is 0 Å². The van der Waals surface area contributed by atoms with E-state index in [9.17, 15) is 0 Å². The number of hydrogen-bond acceptors (Lipinski definition) is 1. The van der Waals surface area contributed by atoms with E-state index in [1.54, 1.807) is 0 Å². The molecule has 0 aromatic rings. The largest absolute Gasteiger partial charge is 0.201 e. The van der Waals surface area contributed by atoms with Crippen molar-refractivity contribution in [3.8, 4) is 0 Å². The Balaban J connectivity index is 3.14. The zero-order chi connectivity index (χ0) is 4.99. The van der Waals surface area contributed by atoms with Crippen LogP contribution in [-0.2, 0) is 0 Å². The van der Waals surface area contributed by atoms with Crippen molar-refractivity contribution in [2.24, 2.45) is 0 Å². The molecular formula is C4H7BS. The second-order valence-electron chi connectivity index (χ2n) is 1.33. The van der Waals surface area contributed by atoms with E-state index in [0.717, 1.165) is 0 Å². The minimum Gasteiger partial charge on any atom is -0.201 e. The summed E-state index contributed by atoms with van der Waals surface area (Å²) in [5.74, 6) is 0. The Bertz CT molecular complexity index is 54.6. The summed E-state index contributed by atoms with van der Waals surface area (Å²) in [5.41, 5.74) is 1.25. The second kappa shape index (κ2) is 3.35. The molecule has 0 N–H and O–H groups in total.